The van der Waals surface area contributed by atoms with Crippen LogP contribution < -0.4 is 10.1 Å². The van der Waals surface area contributed by atoms with Crippen LogP contribution in [0.4, 0.5) is 0 Å². The van der Waals surface area contributed by atoms with Gasteiger partial charge < -0.3 is 15.2 Å². The number of carboxylic acid groups (broad SMARTS) is 1. The molecule has 1 aliphatic heterocycles. The van der Waals surface area contributed by atoms with Crippen molar-refractivity contribution in [2.24, 2.45) is 0 Å². The fourth-order valence-corrected chi connectivity index (χ4v) is 2.15. The summed E-state index contributed by atoms with van der Waals surface area (Å²) in [6, 6.07) is 6.29. The Labute approximate surface area is 98.4 Å². The molecule has 1 aliphatic rings. The second-order valence-electron chi connectivity index (χ2n) is 3.94. The van der Waals surface area contributed by atoms with Crippen molar-refractivity contribution in [2.45, 2.75) is 18.4 Å². The average molecular weight is 235 g/mol. The number of benzene rings is 1. The number of aliphatic carboxylic acids is 1. The van der Waals surface area contributed by atoms with Crippen LogP contribution in [0.1, 0.15) is 17.9 Å². The van der Waals surface area contributed by atoms with Crippen molar-refractivity contribution in [3.63, 3.8) is 0 Å². The van der Waals surface area contributed by atoms with Gasteiger partial charge in [0.25, 0.3) is 0 Å². The van der Waals surface area contributed by atoms with E-state index in [4.69, 9.17) is 9.84 Å². The third-order valence-corrected chi connectivity index (χ3v) is 2.93. The monoisotopic (exact) mass is 235 g/mol. The topological polar surface area (TPSA) is 75.6 Å². The first kappa shape index (κ1) is 11.4. The number of hydrogen-bond donors (Lipinski definition) is 2. The smallest absolute Gasteiger partial charge is 0.326 e. The summed E-state index contributed by atoms with van der Waals surface area (Å²) in [7, 11) is 1.53. The van der Waals surface area contributed by atoms with E-state index in [2.05, 4.69) is 5.32 Å². The van der Waals surface area contributed by atoms with Crippen molar-refractivity contribution in [3.8, 4) is 5.75 Å². The Morgan fingerprint density at radius 1 is 1.47 bits per heavy atom. The molecule has 0 spiro atoms. The molecular formula is C12H13NO4. The Morgan fingerprint density at radius 2 is 2.18 bits per heavy atom. The molecule has 1 amide bonds. The fourth-order valence-electron chi connectivity index (χ4n) is 2.15. The summed E-state index contributed by atoms with van der Waals surface area (Å²) in [6.07, 6.45) is 0.178. The zero-order valence-electron chi connectivity index (χ0n) is 9.34. The fraction of sp³-hybridized carbons (Fsp3) is 0.333. The summed E-state index contributed by atoms with van der Waals surface area (Å²) in [5.74, 6) is -1.03. The number of nitrogens with one attached hydrogen (secondary N) is 1. The van der Waals surface area contributed by atoms with Gasteiger partial charge in [-0.25, -0.2) is 4.79 Å². The lowest BCUT2D eigenvalue weighted by atomic mass is 9.91. The third-order valence-electron chi connectivity index (χ3n) is 2.93. The quantitative estimate of drug-likeness (QED) is 0.810. The van der Waals surface area contributed by atoms with E-state index >= 15 is 0 Å². The summed E-state index contributed by atoms with van der Waals surface area (Å²) < 4.78 is 5.19. The highest BCUT2D eigenvalue weighted by Crippen LogP contribution is 2.34. The molecule has 17 heavy (non-hydrogen) atoms. The maximum atomic E-state index is 11.3. The molecule has 1 fully saturated rings. The van der Waals surface area contributed by atoms with Gasteiger partial charge in [-0.2, -0.15) is 0 Å². The summed E-state index contributed by atoms with van der Waals surface area (Å²) in [5.41, 5.74) is 0.751. The van der Waals surface area contributed by atoms with E-state index in [0.717, 1.165) is 5.56 Å². The molecular weight excluding hydrogens is 222 g/mol. The second-order valence-corrected chi connectivity index (χ2v) is 3.94. The highest BCUT2D eigenvalue weighted by Gasteiger charge is 2.39. The molecule has 0 bridgehead atoms. The van der Waals surface area contributed by atoms with Gasteiger partial charge in [0.1, 0.15) is 11.8 Å². The van der Waals surface area contributed by atoms with Gasteiger partial charge in [-0.05, 0) is 6.07 Å². The average Bonchev–Trinajstić information content (AvgIpc) is 2.71. The van der Waals surface area contributed by atoms with Crippen molar-refractivity contribution in [2.75, 3.05) is 7.11 Å². The van der Waals surface area contributed by atoms with Crippen LogP contribution in [0.3, 0.4) is 0 Å². The Kier molecular flexibility index (Phi) is 2.99. The standard InChI is InChI=1S/C12H13NO4/c1-17-9-5-3-2-4-7(9)8-6-10(14)13-11(8)12(15)16/h2-5,8,11H,6H2,1H3,(H,13,14)(H,15,16). The predicted octanol–water partition coefficient (Wildman–Crippen LogP) is 0.752. The lowest BCUT2D eigenvalue weighted by Gasteiger charge is -2.17. The molecule has 0 aliphatic carbocycles. The molecule has 0 radical (unpaired) electrons. The number of carboxylic acids is 1. The normalized spacial score (nSPS) is 23.2. The largest absolute Gasteiger partial charge is 0.496 e. The third kappa shape index (κ3) is 2.08. The van der Waals surface area contributed by atoms with Crippen molar-refractivity contribution < 1.29 is 19.4 Å². The summed E-state index contributed by atoms with van der Waals surface area (Å²) in [5, 5.41) is 11.5. The molecule has 5 nitrogen and oxygen atoms in total. The lowest BCUT2D eigenvalue weighted by Crippen LogP contribution is -2.36. The molecule has 1 saturated heterocycles. The molecule has 1 heterocycles. The zero-order valence-corrected chi connectivity index (χ0v) is 9.34. The number of carbonyl (C=O) groups is 2. The molecule has 1 aromatic rings. The number of amides is 1. The minimum atomic E-state index is -1.02. The van der Waals surface area contributed by atoms with Crippen molar-refractivity contribution in [1.29, 1.82) is 0 Å². The predicted molar refractivity (Wildman–Crippen MR) is 59.9 cm³/mol. The van der Waals surface area contributed by atoms with Crippen LogP contribution in [0.25, 0.3) is 0 Å². The number of carbonyl (C=O) groups excluding carboxylic acids is 1. The van der Waals surface area contributed by atoms with Crippen LogP contribution in [0.5, 0.6) is 5.75 Å². The van der Waals surface area contributed by atoms with Crippen LogP contribution in [0, 0.1) is 0 Å². The molecule has 0 saturated carbocycles. The van der Waals surface area contributed by atoms with Crippen molar-refractivity contribution >= 4 is 11.9 Å². The Balaban J connectivity index is 2.38. The number of hydrogen-bond acceptors (Lipinski definition) is 3. The van der Waals surface area contributed by atoms with Gasteiger partial charge >= 0.3 is 5.97 Å². The van der Waals surface area contributed by atoms with E-state index in [1.165, 1.54) is 7.11 Å². The minimum Gasteiger partial charge on any atom is -0.496 e. The van der Waals surface area contributed by atoms with E-state index < -0.39 is 12.0 Å². The number of rotatable bonds is 3. The van der Waals surface area contributed by atoms with Gasteiger partial charge in [0.2, 0.25) is 5.91 Å². The molecule has 5 heteroatoms. The van der Waals surface area contributed by atoms with Gasteiger partial charge in [-0.15, -0.1) is 0 Å². The summed E-state index contributed by atoms with van der Waals surface area (Å²) >= 11 is 0. The highest BCUT2D eigenvalue weighted by molar-refractivity contribution is 5.89. The van der Waals surface area contributed by atoms with Gasteiger partial charge in [0, 0.05) is 17.9 Å². The van der Waals surface area contributed by atoms with Gasteiger partial charge in [0.15, 0.2) is 0 Å². The number of methoxy groups -OCH3 is 1. The number of ether oxygens (including phenoxy) is 1. The van der Waals surface area contributed by atoms with Gasteiger partial charge in [-0.1, -0.05) is 18.2 Å². The minimum absolute atomic E-state index is 0.178. The Morgan fingerprint density at radius 3 is 2.82 bits per heavy atom. The molecule has 2 N–H and O–H groups in total. The van der Waals surface area contributed by atoms with E-state index in [1.54, 1.807) is 18.2 Å². The van der Waals surface area contributed by atoms with Gasteiger partial charge in [0.05, 0.1) is 7.11 Å². The number of para-hydroxylation sites is 1. The maximum absolute atomic E-state index is 11.3. The molecule has 2 unspecified atom stereocenters. The first-order valence-corrected chi connectivity index (χ1v) is 5.28. The van der Waals surface area contributed by atoms with E-state index in [-0.39, 0.29) is 18.2 Å². The lowest BCUT2D eigenvalue weighted by molar-refractivity contribution is -0.140. The molecule has 90 valence electrons. The van der Waals surface area contributed by atoms with E-state index in [0.29, 0.717) is 5.75 Å². The van der Waals surface area contributed by atoms with E-state index in [1.807, 2.05) is 6.07 Å². The Bertz CT molecular complexity index is 458. The molecule has 0 aromatic heterocycles. The van der Waals surface area contributed by atoms with Crippen LogP contribution in [0.15, 0.2) is 24.3 Å². The highest BCUT2D eigenvalue weighted by atomic mass is 16.5. The van der Waals surface area contributed by atoms with Crippen molar-refractivity contribution in [1.82, 2.24) is 5.32 Å². The van der Waals surface area contributed by atoms with Crippen LogP contribution >= 0.6 is 0 Å². The zero-order chi connectivity index (χ0) is 12.4. The van der Waals surface area contributed by atoms with Crippen molar-refractivity contribution in [3.05, 3.63) is 29.8 Å². The summed E-state index contributed by atoms with van der Waals surface area (Å²) in [6.45, 7) is 0. The molecule has 1 aromatic carbocycles. The first-order chi connectivity index (χ1) is 8.13. The SMILES string of the molecule is COc1ccccc1C1CC(=O)NC1C(=O)O. The maximum Gasteiger partial charge on any atom is 0.326 e. The molecule has 2 rings (SSSR count). The molecule has 2 atom stereocenters. The van der Waals surface area contributed by atoms with E-state index in [9.17, 15) is 9.59 Å². The van der Waals surface area contributed by atoms with Crippen LogP contribution in [-0.4, -0.2) is 30.1 Å². The van der Waals surface area contributed by atoms with Crippen LogP contribution in [0.2, 0.25) is 0 Å². The second kappa shape index (κ2) is 4.45. The van der Waals surface area contributed by atoms with Crippen LogP contribution in [-0.2, 0) is 9.59 Å². The first-order valence-electron chi connectivity index (χ1n) is 5.28. The van der Waals surface area contributed by atoms with Gasteiger partial charge in [-0.3, -0.25) is 4.79 Å². The Hall–Kier alpha value is -2.04. The summed E-state index contributed by atoms with van der Waals surface area (Å²) in [4.78, 5) is 22.4.